The van der Waals surface area contributed by atoms with Gasteiger partial charge in [0, 0.05) is 24.0 Å². The molecule has 0 fully saturated rings. The highest BCUT2D eigenvalue weighted by atomic mass is 16.3. The van der Waals surface area contributed by atoms with Crippen LogP contribution in [0.25, 0.3) is 0 Å². The molecular weight excluding hydrogens is 190 g/mol. The zero-order valence-electron chi connectivity index (χ0n) is 9.99. The standard InChI is InChI=1S/C11H21N3O/c1-9-5-6-13-14(9)8-10(15)7-12-11(2,3)4/h5-6,10,12,15H,7-8H2,1-4H3. The molecule has 0 saturated heterocycles. The first-order valence-corrected chi connectivity index (χ1v) is 5.30. The molecule has 0 bridgehead atoms. The molecule has 1 aromatic heterocycles. The minimum Gasteiger partial charge on any atom is -0.390 e. The normalized spacial score (nSPS) is 14.2. The molecule has 15 heavy (non-hydrogen) atoms. The number of aryl methyl sites for hydroxylation is 1. The summed E-state index contributed by atoms with van der Waals surface area (Å²) in [6, 6.07) is 1.93. The van der Waals surface area contributed by atoms with Gasteiger partial charge in [-0.05, 0) is 33.8 Å². The van der Waals surface area contributed by atoms with Crippen LogP contribution >= 0.6 is 0 Å². The van der Waals surface area contributed by atoms with Gasteiger partial charge in [-0.15, -0.1) is 0 Å². The van der Waals surface area contributed by atoms with E-state index in [-0.39, 0.29) is 5.54 Å². The molecule has 0 saturated carbocycles. The van der Waals surface area contributed by atoms with Crippen LogP contribution in [0.1, 0.15) is 26.5 Å². The van der Waals surface area contributed by atoms with Gasteiger partial charge in [0.1, 0.15) is 0 Å². The summed E-state index contributed by atoms with van der Waals surface area (Å²) in [7, 11) is 0. The van der Waals surface area contributed by atoms with Crippen LogP contribution in [0.2, 0.25) is 0 Å². The number of aliphatic hydroxyl groups is 1. The molecule has 1 aromatic rings. The third-order valence-electron chi connectivity index (χ3n) is 2.18. The van der Waals surface area contributed by atoms with Crippen molar-refractivity contribution in [2.24, 2.45) is 0 Å². The second kappa shape index (κ2) is 4.77. The number of aliphatic hydroxyl groups excluding tert-OH is 1. The van der Waals surface area contributed by atoms with Gasteiger partial charge in [0.05, 0.1) is 12.6 Å². The molecule has 1 rings (SSSR count). The first-order chi connectivity index (χ1) is 6.88. The molecule has 4 heteroatoms. The Balaban J connectivity index is 2.37. The van der Waals surface area contributed by atoms with Crippen LogP contribution in [0.15, 0.2) is 12.3 Å². The molecule has 1 atom stereocenters. The second-order valence-electron chi connectivity index (χ2n) is 4.94. The summed E-state index contributed by atoms with van der Waals surface area (Å²) in [4.78, 5) is 0. The monoisotopic (exact) mass is 211 g/mol. The summed E-state index contributed by atoms with van der Waals surface area (Å²) >= 11 is 0. The highest BCUT2D eigenvalue weighted by Gasteiger charge is 2.13. The Morgan fingerprint density at radius 1 is 1.53 bits per heavy atom. The molecule has 0 aliphatic carbocycles. The fraction of sp³-hybridized carbons (Fsp3) is 0.727. The summed E-state index contributed by atoms with van der Waals surface area (Å²) in [6.07, 6.45) is 1.35. The first kappa shape index (κ1) is 12.2. The maximum Gasteiger partial charge on any atom is 0.0860 e. The number of nitrogens with one attached hydrogen (secondary N) is 1. The van der Waals surface area contributed by atoms with Crippen molar-refractivity contribution in [3.8, 4) is 0 Å². The van der Waals surface area contributed by atoms with Gasteiger partial charge in [-0.2, -0.15) is 5.10 Å². The van der Waals surface area contributed by atoms with Crippen LogP contribution in [0, 0.1) is 6.92 Å². The number of nitrogens with zero attached hydrogens (tertiary/aromatic N) is 2. The van der Waals surface area contributed by atoms with E-state index in [1.807, 2.05) is 17.7 Å². The third-order valence-corrected chi connectivity index (χ3v) is 2.18. The van der Waals surface area contributed by atoms with E-state index in [1.165, 1.54) is 0 Å². The van der Waals surface area contributed by atoms with Gasteiger partial charge >= 0.3 is 0 Å². The van der Waals surface area contributed by atoms with Gasteiger partial charge in [-0.25, -0.2) is 0 Å². The molecule has 2 N–H and O–H groups in total. The summed E-state index contributed by atoms with van der Waals surface area (Å²) < 4.78 is 1.81. The van der Waals surface area contributed by atoms with E-state index < -0.39 is 6.10 Å². The van der Waals surface area contributed by atoms with Crippen molar-refractivity contribution in [3.63, 3.8) is 0 Å². The zero-order chi connectivity index (χ0) is 11.5. The Morgan fingerprint density at radius 2 is 2.20 bits per heavy atom. The molecule has 4 nitrogen and oxygen atoms in total. The van der Waals surface area contributed by atoms with E-state index in [0.29, 0.717) is 13.1 Å². The SMILES string of the molecule is Cc1ccnn1CC(O)CNC(C)(C)C. The Labute approximate surface area is 91.3 Å². The Kier molecular flexibility index (Phi) is 3.88. The molecule has 0 aliphatic heterocycles. The minimum absolute atomic E-state index is 0.0418. The van der Waals surface area contributed by atoms with Crippen LogP contribution in [-0.4, -0.2) is 33.1 Å². The summed E-state index contributed by atoms with van der Waals surface area (Å²) in [5, 5.41) is 17.2. The number of hydrogen-bond donors (Lipinski definition) is 2. The van der Waals surface area contributed by atoms with Crippen molar-refractivity contribution in [2.75, 3.05) is 6.54 Å². The largest absolute Gasteiger partial charge is 0.390 e. The quantitative estimate of drug-likeness (QED) is 0.779. The second-order valence-corrected chi connectivity index (χ2v) is 4.94. The van der Waals surface area contributed by atoms with Crippen molar-refractivity contribution < 1.29 is 5.11 Å². The van der Waals surface area contributed by atoms with Crippen molar-refractivity contribution in [1.82, 2.24) is 15.1 Å². The average Bonchev–Trinajstić information content (AvgIpc) is 2.47. The van der Waals surface area contributed by atoms with Crippen molar-refractivity contribution >= 4 is 0 Å². The topological polar surface area (TPSA) is 50.1 Å². The van der Waals surface area contributed by atoms with Crippen molar-refractivity contribution in [2.45, 2.75) is 45.9 Å². The highest BCUT2D eigenvalue weighted by molar-refractivity contribution is 4.96. The van der Waals surface area contributed by atoms with Crippen molar-refractivity contribution in [3.05, 3.63) is 18.0 Å². The molecule has 0 spiro atoms. The van der Waals surface area contributed by atoms with Crippen LogP contribution in [0.5, 0.6) is 0 Å². The smallest absolute Gasteiger partial charge is 0.0860 e. The van der Waals surface area contributed by atoms with E-state index in [1.54, 1.807) is 6.20 Å². The molecule has 0 amide bonds. The van der Waals surface area contributed by atoms with E-state index in [2.05, 4.69) is 31.2 Å². The van der Waals surface area contributed by atoms with Crippen LogP contribution in [0.4, 0.5) is 0 Å². The van der Waals surface area contributed by atoms with Gasteiger partial charge in [0.25, 0.3) is 0 Å². The fourth-order valence-corrected chi connectivity index (χ4v) is 1.28. The molecule has 1 heterocycles. The Morgan fingerprint density at radius 3 is 2.67 bits per heavy atom. The Hall–Kier alpha value is -0.870. The lowest BCUT2D eigenvalue weighted by Crippen LogP contribution is -2.42. The number of rotatable bonds is 4. The Bertz CT molecular complexity index is 301. The zero-order valence-corrected chi connectivity index (χ0v) is 9.99. The van der Waals surface area contributed by atoms with Gasteiger partial charge in [-0.1, -0.05) is 0 Å². The third kappa shape index (κ3) is 4.44. The van der Waals surface area contributed by atoms with Gasteiger partial charge in [0.2, 0.25) is 0 Å². The van der Waals surface area contributed by atoms with Gasteiger partial charge in [-0.3, -0.25) is 4.68 Å². The molecule has 86 valence electrons. The molecule has 1 unspecified atom stereocenters. The lowest BCUT2D eigenvalue weighted by Gasteiger charge is -2.23. The fourth-order valence-electron chi connectivity index (χ4n) is 1.28. The molecular formula is C11H21N3O. The molecule has 0 aromatic carbocycles. The van der Waals surface area contributed by atoms with Gasteiger partial charge in [0.15, 0.2) is 0 Å². The maximum absolute atomic E-state index is 9.79. The number of aromatic nitrogens is 2. The lowest BCUT2D eigenvalue weighted by atomic mass is 10.1. The summed E-state index contributed by atoms with van der Waals surface area (Å²) in [6.45, 7) is 9.36. The predicted octanol–water partition coefficient (Wildman–Crippen LogP) is 0.941. The van der Waals surface area contributed by atoms with E-state index >= 15 is 0 Å². The highest BCUT2D eigenvalue weighted by Crippen LogP contribution is 2.01. The molecule has 0 aliphatic rings. The first-order valence-electron chi connectivity index (χ1n) is 5.30. The van der Waals surface area contributed by atoms with Crippen LogP contribution < -0.4 is 5.32 Å². The minimum atomic E-state index is -0.400. The van der Waals surface area contributed by atoms with E-state index in [0.717, 1.165) is 5.69 Å². The van der Waals surface area contributed by atoms with E-state index in [9.17, 15) is 5.11 Å². The summed E-state index contributed by atoms with van der Waals surface area (Å²) in [5.41, 5.74) is 1.12. The predicted molar refractivity (Wildman–Crippen MR) is 60.7 cm³/mol. The van der Waals surface area contributed by atoms with Crippen LogP contribution in [-0.2, 0) is 6.54 Å². The summed E-state index contributed by atoms with van der Waals surface area (Å²) in [5.74, 6) is 0. The van der Waals surface area contributed by atoms with Crippen LogP contribution in [0.3, 0.4) is 0 Å². The number of β-amino-alcohol motifs (C(OH)–C–C–N with tert-alkyl or cyclic N) is 1. The lowest BCUT2D eigenvalue weighted by molar-refractivity contribution is 0.137. The molecule has 0 radical (unpaired) electrons. The van der Waals surface area contributed by atoms with Crippen molar-refractivity contribution in [1.29, 1.82) is 0 Å². The average molecular weight is 211 g/mol. The maximum atomic E-state index is 9.79. The van der Waals surface area contributed by atoms with Gasteiger partial charge < -0.3 is 10.4 Å². The van der Waals surface area contributed by atoms with E-state index in [4.69, 9.17) is 0 Å². The number of hydrogen-bond acceptors (Lipinski definition) is 3.